The summed E-state index contributed by atoms with van der Waals surface area (Å²) in [7, 11) is 0. The average molecular weight is 354 g/mol. The summed E-state index contributed by atoms with van der Waals surface area (Å²) in [5.74, 6) is -1.57. The molecular formula is C18H21F3N2O2. The number of hydrogen-bond acceptors (Lipinski definition) is 2. The average Bonchev–Trinajstić information content (AvgIpc) is 2.92. The molecule has 1 saturated heterocycles. The van der Waals surface area contributed by atoms with Gasteiger partial charge in [-0.25, -0.2) is 0 Å². The maximum atomic E-state index is 12.6. The second kappa shape index (κ2) is 8.18. The number of amides is 2. The Hall–Kier alpha value is -2.31. The van der Waals surface area contributed by atoms with Crippen LogP contribution in [0.15, 0.2) is 43.0 Å². The molecule has 1 unspecified atom stereocenters. The molecule has 1 aromatic carbocycles. The lowest BCUT2D eigenvalue weighted by Crippen LogP contribution is -2.43. The molecule has 2 rings (SSSR count). The molecule has 7 heteroatoms. The molecule has 0 saturated carbocycles. The van der Waals surface area contributed by atoms with Gasteiger partial charge in [-0.2, -0.15) is 13.2 Å². The molecule has 2 amide bonds. The molecule has 1 atom stereocenters. The van der Waals surface area contributed by atoms with Gasteiger partial charge >= 0.3 is 6.18 Å². The van der Waals surface area contributed by atoms with Crippen molar-refractivity contribution in [1.82, 2.24) is 9.80 Å². The number of hydrogen-bond donors (Lipinski definition) is 0. The number of carbonyl (C=O) groups is 2. The number of carbonyl (C=O) groups excluding carboxylic acids is 2. The Bertz CT molecular complexity index is 616. The fourth-order valence-electron chi connectivity index (χ4n) is 2.93. The van der Waals surface area contributed by atoms with Crippen molar-refractivity contribution in [2.45, 2.75) is 19.0 Å². The quantitative estimate of drug-likeness (QED) is 0.707. The largest absolute Gasteiger partial charge is 0.406 e. The molecule has 4 nitrogen and oxygen atoms in total. The van der Waals surface area contributed by atoms with Crippen LogP contribution in [0, 0.1) is 5.92 Å². The summed E-state index contributed by atoms with van der Waals surface area (Å²) in [6.07, 6.45) is -2.62. The molecule has 0 radical (unpaired) electrons. The second-order valence-corrected chi connectivity index (χ2v) is 6.10. The highest BCUT2D eigenvalue weighted by Crippen LogP contribution is 2.23. The third kappa shape index (κ3) is 5.62. The monoisotopic (exact) mass is 354 g/mol. The summed E-state index contributed by atoms with van der Waals surface area (Å²) in [6, 6.07) is 9.58. The first-order valence-corrected chi connectivity index (χ1v) is 8.08. The third-order valence-electron chi connectivity index (χ3n) is 4.11. The van der Waals surface area contributed by atoms with Crippen molar-refractivity contribution in [2.75, 3.05) is 26.2 Å². The van der Waals surface area contributed by atoms with E-state index in [-0.39, 0.29) is 25.4 Å². The predicted molar refractivity (Wildman–Crippen MR) is 87.7 cm³/mol. The van der Waals surface area contributed by atoms with E-state index in [1.54, 1.807) is 4.90 Å². The number of nitrogens with zero attached hydrogens (tertiary/aromatic N) is 2. The van der Waals surface area contributed by atoms with Crippen LogP contribution in [0.4, 0.5) is 13.2 Å². The molecule has 1 aromatic rings. The van der Waals surface area contributed by atoms with Crippen LogP contribution < -0.4 is 0 Å². The van der Waals surface area contributed by atoms with Crippen LogP contribution in [0.5, 0.6) is 0 Å². The third-order valence-corrected chi connectivity index (χ3v) is 4.11. The Morgan fingerprint density at radius 3 is 2.60 bits per heavy atom. The number of halogens is 3. The van der Waals surface area contributed by atoms with E-state index in [0.717, 1.165) is 5.56 Å². The minimum atomic E-state index is -4.48. The van der Waals surface area contributed by atoms with Gasteiger partial charge in [0.15, 0.2) is 0 Å². The predicted octanol–water partition coefficient (Wildman–Crippen LogP) is 2.65. The normalized spacial score (nSPS) is 17.6. The summed E-state index contributed by atoms with van der Waals surface area (Å²) in [6.45, 7) is 2.49. The summed E-state index contributed by atoms with van der Waals surface area (Å²) in [5.41, 5.74) is 1.07. The number of rotatable bonds is 7. The maximum Gasteiger partial charge on any atom is 0.406 e. The topological polar surface area (TPSA) is 40.6 Å². The van der Waals surface area contributed by atoms with E-state index in [9.17, 15) is 22.8 Å². The smallest absolute Gasteiger partial charge is 0.342 e. The molecule has 1 aliphatic heterocycles. The fraction of sp³-hybridized carbons (Fsp3) is 0.444. The molecule has 0 spiro atoms. The molecule has 0 aliphatic carbocycles. The van der Waals surface area contributed by atoms with Gasteiger partial charge in [0.1, 0.15) is 6.54 Å². The van der Waals surface area contributed by atoms with Crippen molar-refractivity contribution < 1.29 is 22.8 Å². The minimum Gasteiger partial charge on any atom is -0.342 e. The molecule has 0 bridgehead atoms. The van der Waals surface area contributed by atoms with Crippen LogP contribution in [0.2, 0.25) is 0 Å². The molecule has 1 aliphatic rings. The molecule has 1 heterocycles. The Kier molecular flexibility index (Phi) is 6.22. The Labute approximate surface area is 144 Å². The first-order chi connectivity index (χ1) is 11.8. The highest BCUT2D eigenvalue weighted by Gasteiger charge is 2.39. The van der Waals surface area contributed by atoms with Crippen LogP contribution in [0.1, 0.15) is 12.0 Å². The van der Waals surface area contributed by atoms with Gasteiger partial charge in [-0.05, 0) is 12.0 Å². The molecule has 1 fully saturated rings. The zero-order valence-corrected chi connectivity index (χ0v) is 13.8. The lowest BCUT2D eigenvalue weighted by molar-refractivity contribution is -0.162. The van der Waals surface area contributed by atoms with Crippen LogP contribution in [-0.2, 0) is 16.0 Å². The second-order valence-electron chi connectivity index (χ2n) is 6.10. The highest BCUT2D eigenvalue weighted by atomic mass is 19.4. The molecule has 0 N–H and O–H groups in total. The lowest BCUT2D eigenvalue weighted by atomic mass is 10.1. The minimum absolute atomic E-state index is 0.0425. The summed E-state index contributed by atoms with van der Waals surface area (Å²) in [5, 5.41) is 0. The van der Waals surface area contributed by atoms with Crippen molar-refractivity contribution in [3.63, 3.8) is 0 Å². The van der Waals surface area contributed by atoms with E-state index in [1.165, 1.54) is 6.08 Å². The van der Waals surface area contributed by atoms with E-state index in [1.807, 2.05) is 30.3 Å². The summed E-state index contributed by atoms with van der Waals surface area (Å²) >= 11 is 0. The zero-order valence-electron chi connectivity index (χ0n) is 13.8. The van der Waals surface area contributed by atoms with E-state index >= 15 is 0 Å². The van der Waals surface area contributed by atoms with Crippen LogP contribution >= 0.6 is 0 Å². The SMILES string of the molecule is C=CCN(CC(F)(F)F)C(=O)C1CC(=O)N(CCc2ccccc2)C1. The molecule has 136 valence electrons. The first-order valence-electron chi connectivity index (χ1n) is 8.08. The Morgan fingerprint density at radius 1 is 1.32 bits per heavy atom. The van der Waals surface area contributed by atoms with Gasteiger partial charge in [-0.15, -0.1) is 6.58 Å². The van der Waals surface area contributed by atoms with Crippen LogP contribution in [0.25, 0.3) is 0 Å². The summed E-state index contributed by atoms with van der Waals surface area (Å²) < 4.78 is 37.9. The zero-order chi connectivity index (χ0) is 18.4. The van der Waals surface area contributed by atoms with Gasteiger partial charge in [0.2, 0.25) is 11.8 Å². The fourth-order valence-corrected chi connectivity index (χ4v) is 2.93. The van der Waals surface area contributed by atoms with E-state index in [0.29, 0.717) is 17.9 Å². The summed E-state index contributed by atoms with van der Waals surface area (Å²) in [4.78, 5) is 26.7. The van der Waals surface area contributed by atoms with Gasteiger partial charge in [0.05, 0.1) is 5.92 Å². The van der Waals surface area contributed by atoms with E-state index in [2.05, 4.69) is 6.58 Å². The molecular weight excluding hydrogens is 333 g/mol. The van der Waals surface area contributed by atoms with Crippen molar-refractivity contribution >= 4 is 11.8 Å². The van der Waals surface area contributed by atoms with E-state index in [4.69, 9.17) is 0 Å². The maximum absolute atomic E-state index is 12.6. The van der Waals surface area contributed by atoms with E-state index < -0.39 is 24.5 Å². The van der Waals surface area contributed by atoms with Gasteiger partial charge in [-0.3, -0.25) is 9.59 Å². The Morgan fingerprint density at radius 2 is 2.00 bits per heavy atom. The van der Waals surface area contributed by atoms with Crippen molar-refractivity contribution in [2.24, 2.45) is 5.92 Å². The number of alkyl halides is 3. The van der Waals surface area contributed by atoms with Gasteiger partial charge in [0, 0.05) is 26.1 Å². The highest BCUT2D eigenvalue weighted by molar-refractivity contribution is 5.89. The molecule has 0 aromatic heterocycles. The number of likely N-dealkylation sites (tertiary alicyclic amines) is 1. The lowest BCUT2D eigenvalue weighted by Gasteiger charge is -2.25. The molecule has 25 heavy (non-hydrogen) atoms. The Balaban J connectivity index is 1.95. The van der Waals surface area contributed by atoms with Gasteiger partial charge < -0.3 is 9.80 Å². The van der Waals surface area contributed by atoms with Crippen LogP contribution in [0.3, 0.4) is 0 Å². The van der Waals surface area contributed by atoms with Crippen molar-refractivity contribution in [3.05, 3.63) is 48.6 Å². The standard InChI is InChI=1S/C18H21F3N2O2/c1-2-9-23(13-18(19,20)21)17(25)15-11-16(24)22(12-15)10-8-14-6-4-3-5-7-14/h2-7,15H,1,8-13H2. The van der Waals surface area contributed by atoms with Crippen molar-refractivity contribution in [1.29, 1.82) is 0 Å². The van der Waals surface area contributed by atoms with Gasteiger partial charge in [-0.1, -0.05) is 36.4 Å². The van der Waals surface area contributed by atoms with Crippen LogP contribution in [-0.4, -0.2) is 54.0 Å². The number of benzene rings is 1. The van der Waals surface area contributed by atoms with Crippen molar-refractivity contribution in [3.8, 4) is 0 Å². The first kappa shape index (κ1) is 19.0. The van der Waals surface area contributed by atoms with Gasteiger partial charge in [0.25, 0.3) is 0 Å².